The van der Waals surface area contributed by atoms with Crippen molar-refractivity contribution in [3.8, 4) is 0 Å². The number of ether oxygens (including phenoxy) is 1. The zero-order valence-electron chi connectivity index (χ0n) is 19.4. The van der Waals surface area contributed by atoms with E-state index in [1.54, 1.807) is 18.2 Å². The van der Waals surface area contributed by atoms with Gasteiger partial charge in [0.15, 0.2) is 16.4 Å². The first-order valence-corrected chi connectivity index (χ1v) is 13.1. The molecule has 8 nitrogen and oxygen atoms in total. The number of anilines is 1. The van der Waals surface area contributed by atoms with Gasteiger partial charge in [0.1, 0.15) is 0 Å². The molecule has 0 aliphatic carbocycles. The summed E-state index contributed by atoms with van der Waals surface area (Å²) in [6, 6.07) is 15.0. The van der Waals surface area contributed by atoms with E-state index < -0.39 is 34.4 Å². The summed E-state index contributed by atoms with van der Waals surface area (Å²) in [6.45, 7) is 3.25. The number of hydrogen-bond acceptors (Lipinski definition) is 6. The lowest BCUT2D eigenvalue weighted by Crippen LogP contribution is -2.48. The molecular weight excluding hydrogens is 456 g/mol. The van der Waals surface area contributed by atoms with Crippen LogP contribution in [-0.4, -0.2) is 61.3 Å². The third-order valence-corrected chi connectivity index (χ3v) is 7.66. The summed E-state index contributed by atoms with van der Waals surface area (Å²) in [5.41, 5.74) is 1.27. The van der Waals surface area contributed by atoms with Crippen molar-refractivity contribution in [3.63, 3.8) is 0 Å². The minimum absolute atomic E-state index is 0.0493. The Kier molecular flexibility index (Phi) is 8.44. The summed E-state index contributed by atoms with van der Waals surface area (Å²) >= 11 is 0. The standard InChI is InChI=1S/C25H30N2O6S/c1-3-18(2)27(20-13-14-34(31,32)17-20)24(29)16-33-25(30)21-11-7-8-12-22(21)26-23(28)15-19-9-5-4-6-10-19/h4-12,18,20H,3,13-17H2,1-2H3,(H,26,28)/t18-,20+/m0/s1. The lowest BCUT2D eigenvalue weighted by Gasteiger charge is -2.33. The first kappa shape index (κ1) is 25.4. The van der Waals surface area contributed by atoms with Gasteiger partial charge in [0, 0.05) is 12.1 Å². The number of nitrogens with zero attached hydrogens (tertiary/aromatic N) is 1. The highest BCUT2D eigenvalue weighted by Gasteiger charge is 2.36. The molecule has 2 atom stereocenters. The molecule has 2 amide bonds. The van der Waals surface area contributed by atoms with Crippen molar-refractivity contribution in [1.82, 2.24) is 4.90 Å². The van der Waals surface area contributed by atoms with Crippen molar-refractivity contribution < 1.29 is 27.5 Å². The summed E-state index contributed by atoms with van der Waals surface area (Å²) in [5, 5.41) is 2.73. The maximum absolute atomic E-state index is 12.9. The molecule has 0 spiro atoms. The maximum Gasteiger partial charge on any atom is 0.340 e. The van der Waals surface area contributed by atoms with E-state index in [0.29, 0.717) is 18.5 Å². The van der Waals surface area contributed by atoms with Crippen molar-refractivity contribution in [3.05, 3.63) is 65.7 Å². The second-order valence-electron chi connectivity index (χ2n) is 8.45. The van der Waals surface area contributed by atoms with Crippen LogP contribution in [0, 0.1) is 0 Å². The van der Waals surface area contributed by atoms with Crippen molar-refractivity contribution in [1.29, 1.82) is 0 Å². The number of benzene rings is 2. The predicted octanol–water partition coefficient (Wildman–Crippen LogP) is 2.84. The second-order valence-corrected chi connectivity index (χ2v) is 10.7. The van der Waals surface area contributed by atoms with Crippen LogP contribution in [0.1, 0.15) is 42.6 Å². The summed E-state index contributed by atoms with van der Waals surface area (Å²) in [6.07, 6.45) is 1.17. The van der Waals surface area contributed by atoms with Crippen LogP contribution in [0.5, 0.6) is 0 Å². The van der Waals surface area contributed by atoms with Gasteiger partial charge in [0.2, 0.25) is 5.91 Å². The lowest BCUT2D eigenvalue weighted by atomic mass is 10.1. The van der Waals surface area contributed by atoms with E-state index in [9.17, 15) is 22.8 Å². The van der Waals surface area contributed by atoms with E-state index in [2.05, 4.69) is 5.32 Å². The largest absolute Gasteiger partial charge is 0.452 e. The molecule has 0 radical (unpaired) electrons. The Labute approximate surface area is 200 Å². The molecule has 182 valence electrons. The highest BCUT2D eigenvalue weighted by Crippen LogP contribution is 2.22. The quantitative estimate of drug-likeness (QED) is 0.546. The molecule has 1 fully saturated rings. The first-order chi connectivity index (χ1) is 16.2. The van der Waals surface area contributed by atoms with E-state index in [-0.39, 0.29) is 35.4 Å². The summed E-state index contributed by atoms with van der Waals surface area (Å²) in [4.78, 5) is 39.7. The van der Waals surface area contributed by atoms with Gasteiger partial charge in [-0.25, -0.2) is 13.2 Å². The number of carbonyl (C=O) groups is 3. The summed E-state index contributed by atoms with van der Waals surface area (Å²) in [5.74, 6) is -1.49. The van der Waals surface area contributed by atoms with E-state index >= 15 is 0 Å². The smallest absolute Gasteiger partial charge is 0.340 e. The zero-order chi connectivity index (χ0) is 24.7. The average Bonchev–Trinajstić information content (AvgIpc) is 3.17. The zero-order valence-corrected chi connectivity index (χ0v) is 20.2. The molecule has 0 saturated carbocycles. The highest BCUT2D eigenvalue weighted by atomic mass is 32.2. The van der Waals surface area contributed by atoms with Crippen molar-refractivity contribution in [2.45, 2.75) is 45.2 Å². The van der Waals surface area contributed by atoms with Crippen molar-refractivity contribution in [2.75, 3.05) is 23.4 Å². The molecule has 1 aliphatic rings. The van der Waals surface area contributed by atoms with Gasteiger partial charge >= 0.3 is 5.97 Å². The van der Waals surface area contributed by atoms with Gasteiger partial charge < -0.3 is 15.0 Å². The number of amides is 2. The molecule has 1 saturated heterocycles. The van der Waals surface area contributed by atoms with Crippen LogP contribution in [0.25, 0.3) is 0 Å². The van der Waals surface area contributed by atoms with Gasteiger partial charge in [0.05, 0.1) is 29.2 Å². The fraction of sp³-hybridized carbons (Fsp3) is 0.400. The van der Waals surface area contributed by atoms with Crippen molar-refractivity contribution >= 4 is 33.3 Å². The SMILES string of the molecule is CC[C@H](C)N(C(=O)COC(=O)c1ccccc1NC(=O)Cc1ccccc1)[C@@H]1CCS(=O)(=O)C1. The van der Waals surface area contributed by atoms with Crippen LogP contribution >= 0.6 is 0 Å². The third kappa shape index (κ3) is 6.66. The van der Waals surface area contributed by atoms with Crippen LogP contribution in [0.2, 0.25) is 0 Å². The van der Waals surface area contributed by atoms with Crippen LogP contribution in [0.4, 0.5) is 5.69 Å². The topological polar surface area (TPSA) is 110 Å². The van der Waals surface area contributed by atoms with Crippen LogP contribution < -0.4 is 5.32 Å². The maximum atomic E-state index is 12.9. The molecule has 2 aromatic carbocycles. The van der Waals surface area contributed by atoms with E-state index in [0.717, 1.165) is 5.56 Å². The van der Waals surface area contributed by atoms with Crippen LogP contribution in [0.15, 0.2) is 54.6 Å². The van der Waals surface area contributed by atoms with E-state index in [1.165, 1.54) is 11.0 Å². The molecule has 34 heavy (non-hydrogen) atoms. The van der Waals surface area contributed by atoms with Gasteiger partial charge in [0.25, 0.3) is 5.91 Å². The van der Waals surface area contributed by atoms with E-state index in [1.807, 2.05) is 44.2 Å². The minimum Gasteiger partial charge on any atom is -0.452 e. The molecule has 2 aromatic rings. The fourth-order valence-electron chi connectivity index (χ4n) is 4.03. The summed E-state index contributed by atoms with van der Waals surface area (Å²) in [7, 11) is -3.17. The Hall–Kier alpha value is -3.20. The molecule has 0 unspecified atom stereocenters. The number of rotatable bonds is 9. The Morgan fingerprint density at radius 3 is 2.41 bits per heavy atom. The van der Waals surface area contributed by atoms with Gasteiger partial charge in [-0.15, -0.1) is 0 Å². The van der Waals surface area contributed by atoms with Gasteiger partial charge in [-0.2, -0.15) is 0 Å². The number of para-hydroxylation sites is 1. The van der Waals surface area contributed by atoms with Gasteiger partial charge in [-0.05, 0) is 37.5 Å². The normalized spacial score (nSPS) is 17.5. The van der Waals surface area contributed by atoms with E-state index in [4.69, 9.17) is 4.74 Å². The number of hydrogen-bond donors (Lipinski definition) is 1. The first-order valence-electron chi connectivity index (χ1n) is 11.3. The monoisotopic (exact) mass is 486 g/mol. The van der Waals surface area contributed by atoms with Crippen LogP contribution in [0.3, 0.4) is 0 Å². The Morgan fingerprint density at radius 1 is 1.09 bits per heavy atom. The van der Waals surface area contributed by atoms with Gasteiger partial charge in [-0.1, -0.05) is 49.4 Å². The predicted molar refractivity (Wildman–Crippen MR) is 129 cm³/mol. The van der Waals surface area contributed by atoms with Gasteiger partial charge in [-0.3, -0.25) is 9.59 Å². The Morgan fingerprint density at radius 2 is 1.76 bits per heavy atom. The third-order valence-electron chi connectivity index (χ3n) is 5.91. The fourth-order valence-corrected chi connectivity index (χ4v) is 5.74. The van der Waals surface area contributed by atoms with Crippen molar-refractivity contribution in [2.24, 2.45) is 0 Å². The number of nitrogens with one attached hydrogen (secondary N) is 1. The van der Waals surface area contributed by atoms with Crippen LogP contribution in [-0.2, 0) is 30.6 Å². The molecule has 0 aromatic heterocycles. The highest BCUT2D eigenvalue weighted by molar-refractivity contribution is 7.91. The number of carbonyl (C=O) groups excluding carboxylic acids is 3. The minimum atomic E-state index is -3.17. The lowest BCUT2D eigenvalue weighted by molar-refractivity contribution is -0.138. The molecule has 1 N–H and O–H groups in total. The second kappa shape index (κ2) is 11.3. The number of esters is 1. The Bertz CT molecular complexity index is 1130. The molecular formula is C25H30N2O6S. The number of sulfone groups is 1. The molecule has 3 rings (SSSR count). The molecule has 1 heterocycles. The molecule has 0 bridgehead atoms. The summed E-state index contributed by atoms with van der Waals surface area (Å²) < 4.78 is 29.1. The molecule has 1 aliphatic heterocycles. The average molecular weight is 487 g/mol. The Balaban J connectivity index is 1.65. The molecule has 9 heteroatoms.